The van der Waals surface area contributed by atoms with Gasteiger partial charge in [0.15, 0.2) is 0 Å². The summed E-state index contributed by atoms with van der Waals surface area (Å²) in [7, 11) is 1.88. The van der Waals surface area contributed by atoms with Crippen LogP contribution >= 0.6 is 15.9 Å². The number of hydrogen-bond donors (Lipinski definition) is 1. The Morgan fingerprint density at radius 3 is 2.71 bits per heavy atom. The summed E-state index contributed by atoms with van der Waals surface area (Å²) in [5, 5.41) is 6.97. The van der Waals surface area contributed by atoms with Gasteiger partial charge in [-0.3, -0.25) is 9.48 Å². The highest BCUT2D eigenvalue weighted by Gasteiger charge is 2.06. The second kappa shape index (κ2) is 5.82. The van der Waals surface area contributed by atoms with Crippen molar-refractivity contribution in [3.63, 3.8) is 0 Å². The fourth-order valence-corrected chi connectivity index (χ4v) is 1.57. The average Bonchev–Trinajstić information content (AvgIpc) is 2.48. The van der Waals surface area contributed by atoms with Crippen molar-refractivity contribution in [1.82, 2.24) is 15.1 Å². The van der Waals surface area contributed by atoms with E-state index in [0.29, 0.717) is 6.54 Å². The zero-order chi connectivity index (χ0) is 13.0. The van der Waals surface area contributed by atoms with Crippen LogP contribution in [0.5, 0.6) is 0 Å². The number of rotatable bonds is 4. The van der Waals surface area contributed by atoms with Crippen LogP contribution < -0.4 is 5.32 Å². The summed E-state index contributed by atoms with van der Waals surface area (Å²) < 4.78 is 2.54. The molecule has 4 nitrogen and oxygen atoms in total. The van der Waals surface area contributed by atoms with Gasteiger partial charge in [0.25, 0.3) is 0 Å². The quantitative estimate of drug-likeness (QED) is 0.865. The van der Waals surface area contributed by atoms with E-state index in [1.54, 1.807) is 10.8 Å². The lowest BCUT2D eigenvalue weighted by molar-refractivity contribution is -0.116. The first kappa shape index (κ1) is 13.7. The third-order valence-corrected chi connectivity index (χ3v) is 2.70. The average molecular weight is 298 g/mol. The van der Waals surface area contributed by atoms with Gasteiger partial charge in [-0.15, -0.1) is 0 Å². The molecule has 0 unspecified atom stereocenters. The molecule has 0 radical (unpaired) electrons. The van der Waals surface area contributed by atoms with Crippen molar-refractivity contribution >= 4 is 27.9 Å². The lowest BCUT2D eigenvalue weighted by Crippen LogP contribution is -2.21. The molecule has 0 saturated heterocycles. The predicted molar refractivity (Wildman–Crippen MR) is 72.8 cm³/mol. The summed E-state index contributed by atoms with van der Waals surface area (Å²) in [6, 6.07) is 0. The molecule has 0 aliphatic rings. The Kier molecular flexibility index (Phi) is 4.69. The van der Waals surface area contributed by atoms with Crippen molar-refractivity contribution in [3.8, 4) is 0 Å². The van der Waals surface area contributed by atoms with Gasteiger partial charge in [0.2, 0.25) is 5.91 Å². The molecule has 1 heterocycles. The molecular weight excluding hydrogens is 282 g/mol. The summed E-state index contributed by atoms with van der Waals surface area (Å²) in [5.74, 6) is -0.145. The molecule has 0 aliphatic carbocycles. The third-order valence-electron chi connectivity index (χ3n) is 2.42. The van der Waals surface area contributed by atoms with Gasteiger partial charge in [-0.25, -0.2) is 0 Å². The molecular formula is C12H16BrN3O. The number of aryl methyl sites for hydroxylation is 2. The Balaban J connectivity index is 2.70. The molecule has 0 aromatic carbocycles. The Hall–Kier alpha value is -1.36. The van der Waals surface area contributed by atoms with Crippen molar-refractivity contribution in [2.45, 2.75) is 13.8 Å². The molecule has 0 fully saturated rings. The first-order valence-electron chi connectivity index (χ1n) is 5.21. The maximum Gasteiger partial charge on any atom is 0.244 e. The molecule has 1 aromatic rings. The second-order valence-electron chi connectivity index (χ2n) is 3.78. The molecule has 0 aliphatic heterocycles. The van der Waals surface area contributed by atoms with Crippen molar-refractivity contribution in [2.24, 2.45) is 7.05 Å². The Morgan fingerprint density at radius 1 is 1.59 bits per heavy atom. The second-order valence-corrected chi connectivity index (χ2v) is 4.90. The lowest BCUT2D eigenvalue weighted by atomic mass is 10.2. The minimum absolute atomic E-state index is 0.145. The number of nitrogens with zero attached hydrogens (tertiary/aromatic N) is 2. The fourth-order valence-electron chi connectivity index (χ4n) is 1.43. The van der Waals surface area contributed by atoms with Gasteiger partial charge in [0, 0.05) is 35.4 Å². The van der Waals surface area contributed by atoms with E-state index >= 15 is 0 Å². The number of aromatic nitrogens is 2. The lowest BCUT2D eigenvalue weighted by Gasteiger charge is -1.99. The molecule has 5 heteroatoms. The van der Waals surface area contributed by atoms with E-state index < -0.39 is 0 Å². The van der Waals surface area contributed by atoms with E-state index in [9.17, 15) is 4.79 Å². The van der Waals surface area contributed by atoms with Crippen LogP contribution in [0.1, 0.15) is 17.0 Å². The number of hydrogen-bond acceptors (Lipinski definition) is 2. The summed E-state index contributed by atoms with van der Waals surface area (Å²) in [5.41, 5.74) is 2.94. The van der Waals surface area contributed by atoms with E-state index in [4.69, 9.17) is 0 Å². The van der Waals surface area contributed by atoms with E-state index in [1.165, 1.54) is 6.08 Å². The van der Waals surface area contributed by atoms with Gasteiger partial charge >= 0.3 is 0 Å². The van der Waals surface area contributed by atoms with Gasteiger partial charge in [0.1, 0.15) is 0 Å². The van der Waals surface area contributed by atoms with Crippen LogP contribution in [0.15, 0.2) is 17.1 Å². The highest BCUT2D eigenvalue weighted by molar-refractivity contribution is 9.11. The molecule has 1 N–H and O–H groups in total. The number of carbonyl (C=O) groups is 1. The number of nitrogens with one attached hydrogen (secondary N) is 1. The fraction of sp³-hybridized carbons (Fsp3) is 0.333. The molecule has 1 aromatic heterocycles. The molecule has 1 amide bonds. The maximum atomic E-state index is 11.5. The molecule has 1 rings (SSSR count). The summed E-state index contributed by atoms with van der Waals surface area (Å²) in [4.78, 5) is 11.5. The van der Waals surface area contributed by atoms with Crippen molar-refractivity contribution in [2.75, 3.05) is 6.54 Å². The van der Waals surface area contributed by atoms with E-state index in [2.05, 4.69) is 32.9 Å². The predicted octanol–water partition coefficient (Wildman–Crippen LogP) is 2.07. The molecule has 0 saturated carbocycles. The van der Waals surface area contributed by atoms with Crippen molar-refractivity contribution < 1.29 is 4.79 Å². The molecule has 0 atom stereocenters. The molecule has 17 heavy (non-hydrogen) atoms. The van der Waals surface area contributed by atoms with E-state index in [1.807, 2.05) is 20.9 Å². The van der Waals surface area contributed by atoms with Crippen LogP contribution in [0.3, 0.4) is 0 Å². The molecule has 0 bridgehead atoms. The van der Waals surface area contributed by atoms with Crippen LogP contribution in [0.2, 0.25) is 0 Å². The largest absolute Gasteiger partial charge is 0.348 e. The third kappa shape index (κ3) is 3.85. The highest BCUT2D eigenvalue weighted by Crippen LogP contribution is 2.13. The highest BCUT2D eigenvalue weighted by atomic mass is 79.9. The van der Waals surface area contributed by atoms with Gasteiger partial charge in [0.05, 0.1) is 5.69 Å². The van der Waals surface area contributed by atoms with Gasteiger partial charge in [-0.05, 0) is 19.9 Å². The van der Waals surface area contributed by atoms with Crippen molar-refractivity contribution in [3.05, 3.63) is 34.1 Å². The normalized spacial score (nSPS) is 10.8. The topological polar surface area (TPSA) is 46.9 Å². The monoisotopic (exact) mass is 297 g/mol. The standard InChI is InChI=1S/C12H16BrN3O/c1-8(13)7-14-12(17)6-5-11-9(2)15-16(4)10(11)3/h5-6H,1,7H2,2-4H3,(H,14,17)/b6-5+. The summed E-state index contributed by atoms with van der Waals surface area (Å²) in [6.45, 7) is 7.96. The minimum atomic E-state index is -0.145. The Labute approximate surface area is 110 Å². The minimum Gasteiger partial charge on any atom is -0.348 e. The Bertz CT molecular complexity index is 474. The molecule has 0 spiro atoms. The SMILES string of the molecule is C=C(Br)CNC(=O)/C=C/c1c(C)nn(C)c1C. The maximum absolute atomic E-state index is 11.5. The van der Waals surface area contributed by atoms with Crippen LogP contribution in [0.25, 0.3) is 6.08 Å². The van der Waals surface area contributed by atoms with Crippen LogP contribution in [-0.4, -0.2) is 22.2 Å². The zero-order valence-electron chi connectivity index (χ0n) is 10.2. The van der Waals surface area contributed by atoms with Crippen LogP contribution in [-0.2, 0) is 11.8 Å². The Morgan fingerprint density at radius 2 is 2.24 bits per heavy atom. The molecule has 92 valence electrons. The van der Waals surface area contributed by atoms with E-state index in [-0.39, 0.29) is 5.91 Å². The summed E-state index contributed by atoms with van der Waals surface area (Å²) >= 11 is 3.18. The zero-order valence-corrected chi connectivity index (χ0v) is 11.8. The number of halogens is 1. The number of carbonyl (C=O) groups excluding carboxylic acids is 1. The van der Waals surface area contributed by atoms with Gasteiger partial charge in [-0.1, -0.05) is 22.5 Å². The van der Waals surface area contributed by atoms with Crippen molar-refractivity contribution in [1.29, 1.82) is 0 Å². The first-order valence-corrected chi connectivity index (χ1v) is 6.00. The summed E-state index contributed by atoms with van der Waals surface area (Å²) in [6.07, 6.45) is 3.29. The first-order chi connectivity index (χ1) is 7.91. The smallest absolute Gasteiger partial charge is 0.244 e. The van der Waals surface area contributed by atoms with Gasteiger partial charge < -0.3 is 5.32 Å². The number of amides is 1. The van der Waals surface area contributed by atoms with Crippen LogP contribution in [0.4, 0.5) is 0 Å². The van der Waals surface area contributed by atoms with E-state index in [0.717, 1.165) is 21.4 Å². The van der Waals surface area contributed by atoms with Gasteiger partial charge in [-0.2, -0.15) is 5.10 Å². The van der Waals surface area contributed by atoms with Crippen LogP contribution in [0, 0.1) is 13.8 Å².